The van der Waals surface area contributed by atoms with Gasteiger partial charge < -0.3 is 20.6 Å². The van der Waals surface area contributed by atoms with Gasteiger partial charge in [0.1, 0.15) is 0 Å². The van der Waals surface area contributed by atoms with Crippen LogP contribution in [0.1, 0.15) is 26.7 Å². The lowest BCUT2D eigenvalue weighted by Gasteiger charge is -2.30. The number of nitrogens with zero attached hydrogens (tertiary/aromatic N) is 1. The maximum absolute atomic E-state index is 12.0. The van der Waals surface area contributed by atoms with Crippen molar-refractivity contribution in [2.45, 2.75) is 37.8 Å². The van der Waals surface area contributed by atoms with E-state index in [1.807, 2.05) is 25.9 Å². The van der Waals surface area contributed by atoms with Crippen LogP contribution in [0.25, 0.3) is 0 Å². The van der Waals surface area contributed by atoms with Crippen molar-refractivity contribution in [2.24, 2.45) is 0 Å². The monoisotopic (exact) mass is 243 g/mol. The standard InChI is InChI=1S/C12H25N3O2/c1-11(17,9-15(3)4)8-13-10(16)12(2)6-5-7-14-12/h14,17H,5-9H2,1-4H3,(H,13,16). The van der Waals surface area contributed by atoms with Crippen molar-refractivity contribution in [3.05, 3.63) is 0 Å². The second kappa shape index (κ2) is 5.33. The largest absolute Gasteiger partial charge is 0.387 e. The van der Waals surface area contributed by atoms with E-state index >= 15 is 0 Å². The summed E-state index contributed by atoms with van der Waals surface area (Å²) in [6.45, 7) is 5.34. The van der Waals surface area contributed by atoms with Gasteiger partial charge in [0.15, 0.2) is 0 Å². The first-order chi connectivity index (χ1) is 7.75. The third-order valence-electron chi connectivity index (χ3n) is 3.16. The third-order valence-corrected chi connectivity index (χ3v) is 3.16. The predicted molar refractivity (Wildman–Crippen MR) is 67.8 cm³/mol. The highest BCUT2D eigenvalue weighted by atomic mass is 16.3. The number of amides is 1. The number of likely N-dealkylation sites (N-methyl/N-ethyl adjacent to an activating group) is 1. The molecule has 0 aromatic heterocycles. The Morgan fingerprint density at radius 3 is 2.71 bits per heavy atom. The average molecular weight is 243 g/mol. The lowest BCUT2D eigenvalue weighted by Crippen LogP contribution is -2.55. The number of aliphatic hydroxyl groups is 1. The van der Waals surface area contributed by atoms with E-state index in [1.54, 1.807) is 6.92 Å². The van der Waals surface area contributed by atoms with Crippen LogP contribution < -0.4 is 10.6 Å². The number of carbonyl (C=O) groups is 1. The Kier molecular flexibility index (Phi) is 4.52. The van der Waals surface area contributed by atoms with E-state index in [4.69, 9.17) is 0 Å². The number of hydrogen-bond acceptors (Lipinski definition) is 4. The van der Waals surface area contributed by atoms with Gasteiger partial charge in [-0.25, -0.2) is 0 Å². The van der Waals surface area contributed by atoms with Gasteiger partial charge in [-0.15, -0.1) is 0 Å². The second-order valence-corrected chi connectivity index (χ2v) is 5.78. The first-order valence-corrected chi connectivity index (χ1v) is 6.16. The Morgan fingerprint density at radius 2 is 2.24 bits per heavy atom. The van der Waals surface area contributed by atoms with Gasteiger partial charge in [0, 0.05) is 13.1 Å². The minimum absolute atomic E-state index is 0.0194. The average Bonchev–Trinajstić information content (AvgIpc) is 2.61. The van der Waals surface area contributed by atoms with Crippen molar-refractivity contribution < 1.29 is 9.90 Å². The highest BCUT2D eigenvalue weighted by Crippen LogP contribution is 2.18. The second-order valence-electron chi connectivity index (χ2n) is 5.78. The summed E-state index contributed by atoms with van der Waals surface area (Å²) in [6, 6.07) is 0. The highest BCUT2D eigenvalue weighted by Gasteiger charge is 2.36. The van der Waals surface area contributed by atoms with Crippen LogP contribution in [-0.4, -0.2) is 60.8 Å². The summed E-state index contributed by atoms with van der Waals surface area (Å²) in [5.74, 6) is -0.0194. The molecule has 1 heterocycles. The summed E-state index contributed by atoms with van der Waals surface area (Å²) in [6.07, 6.45) is 1.88. The van der Waals surface area contributed by atoms with Crippen LogP contribution in [0.4, 0.5) is 0 Å². The molecule has 0 aromatic rings. The topological polar surface area (TPSA) is 64.6 Å². The molecule has 2 atom stereocenters. The van der Waals surface area contributed by atoms with Crippen molar-refractivity contribution in [1.82, 2.24) is 15.5 Å². The maximum Gasteiger partial charge on any atom is 0.240 e. The Hall–Kier alpha value is -0.650. The minimum atomic E-state index is -0.895. The molecular weight excluding hydrogens is 218 g/mol. The summed E-state index contributed by atoms with van der Waals surface area (Å²) in [4.78, 5) is 13.9. The van der Waals surface area contributed by atoms with E-state index in [0.717, 1.165) is 19.4 Å². The van der Waals surface area contributed by atoms with Gasteiger partial charge in [0.05, 0.1) is 11.1 Å². The van der Waals surface area contributed by atoms with E-state index in [2.05, 4.69) is 10.6 Å². The molecule has 1 aliphatic rings. The maximum atomic E-state index is 12.0. The van der Waals surface area contributed by atoms with Crippen LogP contribution >= 0.6 is 0 Å². The molecule has 5 nitrogen and oxygen atoms in total. The molecule has 1 saturated heterocycles. The van der Waals surface area contributed by atoms with Crippen molar-refractivity contribution in [3.63, 3.8) is 0 Å². The summed E-state index contributed by atoms with van der Waals surface area (Å²) in [5.41, 5.74) is -1.36. The van der Waals surface area contributed by atoms with Gasteiger partial charge in [-0.2, -0.15) is 0 Å². The molecule has 0 aromatic carbocycles. The SMILES string of the molecule is CN(C)CC(C)(O)CNC(=O)C1(C)CCCN1. The van der Waals surface area contributed by atoms with E-state index in [-0.39, 0.29) is 12.5 Å². The number of rotatable bonds is 5. The fraction of sp³-hybridized carbons (Fsp3) is 0.917. The first kappa shape index (κ1) is 14.4. The van der Waals surface area contributed by atoms with E-state index < -0.39 is 11.1 Å². The van der Waals surface area contributed by atoms with Crippen LogP contribution in [0, 0.1) is 0 Å². The fourth-order valence-electron chi connectivity index (χ4n) is 2.29. The van der Waals surface area contributed by atoms with Gasteiger partial charge in [-0.1, -0.05) is 0 Å². The van der Waals surface area contributed by atoms with Crippen molar-refractivity contribution in [3.8, 4) is 0 Å². The Balaban J connectivity index is 2.42. The zero-order chi connectivity index (χ0) is 13.1. The molecule has 0 saturated carbocycles. The quantitative estimate of drug-likeness (QED) is 0.612. The summed E-state index contributed by atoms with van der Waals surface area (Å²) < 4.78 is 0. The number of carbonyl (C=O) groups excluding carboxylic acids is 1. The minimum Gasteiger partial charge on any atom is -0.387 e. The van der Waals surface area contributed by atoms with Crippen molar-refractivity contribution in [2.75, 3.05) is 33.7 Å². The van der Waals surface area contributed by atoms with E-state index in [9.17, 15) is 9.90 Å². The molecule has 1 rings (SSSR count). The molecule has 0 spiro atoms. The Morgan fingerprint density at radius 1 is 1.59 bits per heavy atom. The van der Waals surface area contributed by atoms with Crippen LogP contribution in [0.5, 0.6) is 0 Å². The van der Waals surface area contributed by atoms with Gasteiger partial charge in [-0.3, -0.25) is 4.79 Å². The summed E-state index contributed by atoms with van der Waals surface area (Å²) >= 11 is 0. The number of hydrogen-bond donors (Lipinski definition) is 3. The molecule has 100 valence electrons. The summed E-state index contributed by atoms with van der Waals surface area (Å²) in [5, 5.41) is 16.1. The molecule has 0 radical (unpaired) electrons. The van der Waals surface area contributed by atoms with Crippen molar-refractivity contribution in [1.29, 1.82) is 0 Å². The molecule has 1 amide bonds. The van der Waals surface area contributed by atoms with Crippen LogP contribution in [-0.2, 0) is 4.79 Å². The van der Waals surface area contributed by atoms with Crippen LogP contribution in [0.3, 0.4) is 0 Å². The van der Waals surface area contributed by atoms with Gasteiger partial charge in [0.25, 0.3) is 0 Å². The summed E-state index contributed by atoms with van der Waals surface area (Å²) in [7, 11) is 3.80. The molecule has 3 N–H and O–H groups in total. The molecule has 2 unspecified atom stereocenters. The van der Waals surface area contributed by atoms with Gasteiger partial charge in [0.2, 0.25) is 5.91 Å². The van der Waals surface area contributed by atoms with Crippen LogP contribution in [0.15, 0.2) is 0 Å². The molecule has 1 aliphatic heterocycles. The third kappa shape index (κ3) is 4.26. The van der Waals surface area contributed by atoms with Crippen molar-refractivity contribution >= 4 is 5.91 Å². The fourth-order valence-corrected chi connectivity index (χ4v) is 2.29. The predicted octanol–water partition coefficient (Wildman–Crippen LogP) is -0.443. The Labute approximate surface area is 104 Å². The van der Waals surface area contributed by atoms with Gasteiger partial charge >= 0.3 is 0 Å². The van der Waals surface area contributed by atoms with Gasteiger partial charge in [-0.05, 0) is 47.3 Å². The lowest BCUT2D eigenvalue weighted by atomic mass is 9.98. The first-order valence-electron chi connectivity index (χ1n) is 6.16. The number of nitrogens with one attached hydrogen (secondary N) is 2. The molecule has 5 heteroatoms. The smallest absolute Gasteiger partial charge is 0.240 e. The zero-order valence-electron chi connectivity index (χ0n) is 11.3. The Bertz CT molecular complexity index is 271. The van der Waals surface area contributed by atoms with E-state index in [0.29, 0.717) is 6.54 Å². The normalized spacial score (nSPS) is 28.1. The zero-order valence-corrected chi connectivity index (χ0v) is 11.3. The molecule has 1 fully saturated rings. The van der Waals surface area contributed by atoms with E-state index in [1.165, 1.54) is 0 Å². The molecule has 0 aliphatic carbocycles. The van der Waals surface area contributed by atoms with Crippen LogP contribution in [0.2, 0.25) is 0 Å². The molecule has 17 heavy (non-hydrogen) atoms. The molecule has 0 bridgehead atoms. The highest BCUT2D eigenvalue weighted by molar-refractivity contribution is 5.86. The molecular formula is C12H25N3O2. The lowest BCUT2D eigenvalue weighted by molar-refractivity contribution is -0.127.